The number of aromatic nitrogens is 2. The van der Waals surface area contributed by atoms with Crippen LogP contribution in [0.5, 0.6) is 5.75 Å². The smallest absolute Gasteiger partial charge is 0.222 e. The molecule has 6 heteroatoms. The van der Waals surface area contributed by atoms with Crippen molar-refractivity contribution in [3.8, 4) is 5.75 Å². The first-order valence-electron chi connectivity index (χ1n) is 9.10. The van der Waals surface area contributed by atoms with Gasteiger partial charge >= 0.3 is 0 Å². The maximum Gasteiger partial charge on any atom is 0.222 e. The van der Waals surface area contributed by atoms with Gasteiger partial charge in [0.1, 0.15) is 23.8 Å². The predicted molar refractivity (Wildman–Crippen MR) is 99.1 cm³/mol. The van der Waals surface area contributed by atoms with Crippen molar-refractivity contribution >= 4 is 5.91 Å². The zero-order valence-electron chi connectivity index (χ0n) is 15.6. The summed E-state index contributed by atoms with van der Waals surface area (Å²) >= 11 is 0. The van der Waals surface area contributed by atoms with Gasteiger partial charge in [-0.25, -0.2) is 4.98 Å². The van der Waals surface area contributed by atoms with Gasteiger partial charge in [0.15, 0.2) is 0 Å². The van der Waals surface area contributed by atoms with Gasteiger partial charge in [-0.05, 0) is 31.9 Å². The maximum absolute atomic E-state index is 12.5. The number of nitrogens with zero attached hydrogens (tertiary/aromatic N) is 3. The molecule has 1 atom stereocenters. The number of aryl methyl sites for hydroxylation is 2. The fourth-order valence-electron chi connectivity index (χ4n) is 3.33. The second-order valence-corrected chi connectivity index (χ2v) is 6.83. The Bertz CT molecular complexity index is 716. The summed E-state index contributed by atoms with van der Waals surface area (Å²) in [5.41, 5.74) is -0.424. The molecule has 26 heavy (non-hydrogen) atoms. The van der Waals surface area contributed by atoms with Crippen molar-refractivity contribution in [1.82, 2.24) is 14.5 Å². The van der Waals surface area contributed by atoms with E-state index in [0.717, 1.165) is 37.5 Å². The molecule has 2 heterocycles. The van der Waals surface area contributed by atoms with Gasteiger partial charge in [0.2, 0.25) is 5.91 Å². The fourth-order valence-corrected chi connectivity index (χ4v) is 3.33. The van der Waals surface area contributed by atoms with Crippen LogP contribution in [-0.2, 0) is 16.1 Å². The van der Waals surface area contributed by atoms with Crippen LogP contribution < -0.4 is 4.74 Å². The molecule has 6 nitrogen and oxygen atoms in total. The highest BCUT2D eigenvalue weighted by molar-refractivity contribution is 5.76. The molecule has 0 radical (unpaired) electrons. The SMILES string of the molecule is CO[C@]1(COc2ccccc2)CCN(C(=O)CCCn2ccnc2C)C1. The van der Waals surface area contributed by atoms with E-state index in [9.17, 15) is 4.79 Å². The number of rotatable bonds is 8. The average molecular weight is 357 g/mol. The largest absolute Gasteiger partial charge is 0.491 e. The first-order chi connectivity index (χ1) is 12.6. The number of ether oxygens (including phenoxy) is 2. The van der Waals surface area contributed by atoms with Gasteiger partial charge in [0, 0.05) is 39.0 Å². The number of para-hydroxylation sites is 1. The quantitative estimate of drug-likeness (QED) is 0.729. The van der Waals surface area contributed by atoms with Crippen LogP contribution in [0.25, 0.3) is 0 Å². The van der Waals surface area contributed by atoms with Crippen LogP contribution in [0.15, 0.2) is 42.7 Å². The average Bonchev–Trinajstić information content (AvgIpc) is 3.28. The normalized spacial score (nSPS) is 19.7. The summed E-state index contributed by atoms with van der Waals surface area (Å²) in [6.07, 6.45) is 5.89. The van der Waals surface area contributed by atoms with Crippen molar-refractivity contribution in [3.63, 3.8) is 0 Å². The van der Waals surface area contributed by atoms with Gasteiger partial charge in [0.05, 0.1) is 6.54 Å². The summed E-state index contributed by atoms with van der Waals surface area (Å²) in [5.74, 6) is 1.99. The highest BCUT2D eigenvalue weighted by Gasteiger charge is 2.40. The molecule has 1 amide bonds. The van der Waals surface area contributed by atoms with Crippen molar-refractivity contribution < 1.29 is 14.3 Å². The Kier molecular flexibility index (Phi) is 5.93. The lowest BCUT2D eigenvalue weighted by atomic mass is 10.0. The third kappa shape index (κ3) is 4.43. The zero-order chi connectivity index (χ0) is 18.4. The van der Waals surface area contributed by atoms with Crippen molar-refractivity contribution in [2.45, 2.75) is 38.3 Å². The van der Waals surface area contributed by atoms with Crippen molar-refractivity contribution in [1.29, 1.82) is 0 Å². The summed E-state index contributed by atoms with van der Waals surface area (Å²) in [5, 5.41) is 0. The molecule has 0 bridgehead atoms. The Morgan fingerprint density at radius 2 is 2.12 bits per heavy atom. The number of methoxy groups -OCH3 is 1. The minimum absolute atomic E-state index is 0.182. The van der Waals surface area contributed by atoms with Crippen LogP contribution in [0.1, 0.15) is 25.1 Å². The molecular formula is C20H27N3O3. The van der Waals surface area contributed by atoms with Crippen molar-refractivity contribution in [2.24, 2.45) is 0 Å². The Labute approximate surface area is 154 Å². The van der Waals surface area contributed by atoms with Crippen molar-refractivity contribution in [2.75, 3.05) is 26.8 Å². The number of likely N-dealkylation sites (tertiary alicyclic amines) is 1. The maximum atomic E-state index is 12.5. The molecule has 0 aliphatic carbocycles. The first-order valence-corrected chi connectivity index (χ1v) is 9.10. The summed E-state index contributed by atoms with van der Waals surface area (Å²) in [6.45, 7) is 4.54. The standard InChI is InChI=1S/C20H27N3O3/c1-17-21-11-14-22(17)12-6-9-19(24)23-13-10-20(15-23,25-2)16-26-18-7-4-3-5-8-18/h3-5,7-8,11,14H,6,9-10,12-13,15-16H2,1-2H3/t20-/m1/s1. The van der Waals surface area contributed by atoms with Crippen LogP contribution in [0.2, 0.25) is 0 Å². The lowest BCUT2D eigenvalue weighted by Crippen LogP contribution is -2.42. The Hall–Kier alpha value is -2.34. The van der Waals surface area contributed by atoms with Crippen LogP contribution in [0, 0.1) is 6.92 Å². The molecule has 0 unspecified atom stereocenters. The van der Waals surface area contributed by atoms with E-state index < -0.39 is 5.60 Å². The third-order valence-corrected chi connectivity index (χ3v) is 5.06. The van der Waals surface area contributed by atoms with Crippen molar-refractivity contribution in [3.05, 3.63) is 48.5 Å². The monoisotopic (exact) mass is 357 g/mol. The van der Waals surface area contributed by atoms with E-state index in [4.69, 9.17) is 9.47 Å². The highest BCUT2D eigenvalue weighted by atomic mass is 16.5. The molecule has 0 spiro atoms. The number of benzene rings is 1. The van der Waals surface area contributed by atoms with Gasteiger partial charge in [-0.2, -0.15) is 0 Å². The summed E-state index contributed by atoms with van der Waals surface area (Å²) in [7, 11) is 1.70. The number of carbonyl (C=O) groups excluding carboxylic acids is 1. The second-order valence-electron chi connectivity index (χ2n) is 6.83. The molecule has 3 rings (SSSR count). The zero-order valence-corrected chi connectivity index (χ0v) is 15.6. The van der Waals surface area contributed by atoms with E-state index in [0.29, 0.717) is 19.6 Å². The van der Waals surface area contributed by atoms with Crippen LogP contribution in [0.3, 0.4) is 0 Å². The summed E-state index contributed by atoms with van der Waals surface area (Å²) in [4.78, 5) is 18.6. The number of hydrogen-bond acceptors (Lipinski definition) is 4. The Morgan fingerprint density at radius 1 is 1.31 bits per heavy atom. The minimum Gasteiger partial charge on any atom is -0.491 e. The van der Waals surface area contributed by atoms with Gasteiger partial charge in [-0.3, -0.25) is 4.79 Å². The molecule has 2 aromatic rings. The summed E-state index contributed by atoms with van der Waals surface area (Å²) in [6, 6.07) is 9.71. The topological polar surface area (TPSA) is 56.6 Å². The molecule has 1 aliphatic heterocycles. The van der Waals surface area contributed by atoms with Gasteiger partial charge in [-0.1, -0.05) is 18.2 Å². The molecule has 140 valence electrons. The van der Waals surface area contributed by atoms with Crippen LogP contribution in [-0.4, -0.2) is 52.8 Å². The molecule has 1 aliphatic rings. The Balaban J connectivity index is 1.47. The molecule has 1 saturated heterocycles. The number of imidazole rings is 1. The van der Waals surface area contributed by atoms with E-state index in [2.05, 4.69) is 9.55 Å². The number of carbonyl (C=O) groups is 1. The van der Waals surface area contributed by atoms with Gasteiger partial charge < -0.3 is 18.9 Å². The van der Waals surface area contributed by atoms with Gasteiger partial charge in [0.25, 0.3) is 0 Å². The molecule has 1 fully saturated rings. The lowest BCUT2D eigenvalue weighted by Gasteiger charge is -2.28. The van der Waals surface area contributed by atoms with E-state index in [1.807, 2.05) is 48.4 Å². The highest BCUT2D eigenvalue weighted by Crippen LogP contribution is 2.27. The molecular weight excluding hydrogens is 330 g/mol. The van der Waals surface area contributed by atoms with E-state index in [1.54, 1.807) is 13.3 Å². The number of hydrogen-bond donors (Lipinski definition) is 0. The molecule has 1 aromatic carbocycles. The number of amides is 1. The lowest BCUT2D eigenvalue weighted by molar-refractivity contribution is -0.132. The molecule has 0 saturated carbocycles. The Morgan fingerprint density at radius 3 is 2.81 bits per heavy atom. The van der Waals surface area contributed by atoms with E-state index in [1.165, 1.54) is 0 Å². The molecule has 1 aromatic heterocycles. The predicted octanol–water partition coefficient (Wildman–Crippen LogP) is 2.67. The van der Waals surface area contributed by atoms with Crippen LogP contribution in [0.4, 0.5) is 0 Å². The third-order valence-electron chi connectivity index (χ3n) is 5.06. The molecule has 0 N–H and O–H groups in total. The fraction of sp³-hybridized carbons (Fsp3) is 0.500. The summed E-state index contributed by atoms with van der Waals surface area (Å²) < 4.78 is 13.7. The second kappa shape index (κ2) is 8.36. The minimum atomic E-state index is -0.424. The van der Waals surface area contributed by atoms with E-state index >= 15 is 0 Å². The van der Waals surface area contributed by atoms with Gasteiger partial charge in [-0.15, -0.1) is 0 Å². The van der Waals surface area contributed by atoms with Crippen LogP contribution >= 0.6 is 0 Å². The van der Waals surface area contributed by atoms with E-state index in [-0.39, 0.29) is 5.91 Å². The first kappa shape index (κ1) is 18.5.